The van der Waals surface area contributed by atoms with E-state index in [4.69, 9.17) is 0 Å². The Bertz CT molecular complexity index is 313. The van der Waals surface area contributed by atoms with Crippen molar-refractivity contribution in [2.24, 2.45) is 5.92 Å². The van der Waals surface area contributed by atoms with Crippen molar-refractivity contribution in [2.45, 2.75) is 51.7 Å². The minimum absolute atomic E-state index is 0.119. The van der Waals surface area contributed by atoms with Crippen molar-refractivity contribution in [2.75, 3.05) is 12.8 Å². The van der Waals surface area contributed by atoms with E-state index in [1.165, 1.54) is 4.31 Å². The van der Waals surface area contributed by atoms with Crippen LogP contribution < -0.4 is 0 Å². The SMILES string of the molecule is CC(C)CS(=O)(=O)N(C)C1CCCCC1O. The van der Waals surface area contributed by atoms with Gasteiger partial charge in [0.1, 0.15) is 0 Å². The summed E-state index contributed by atoms with van der Waals surface area (Å²) in [6.45, 7) is 3.78. The summed E-state index contributed by atoms with van der Waals surface area (Å²) >= 11 is 0. The van der Waals surface area contributed by atoms with E-state index in [1.807, 2.05) is 13.8 Å². The summed E-state index contributed by atoms with van der Waals surface area (Å²) in [6, 6.07) is -0.225. The van der Waals surface area contributed by atoms with Gasteiger partial charge in [-0.2, -0.15) is 4.31 Å². The molecule has 2 atom stereocenters. The Morgan fingerprint density at radius 3 is 2.38 bits per heavy atom. The van der Waals surface area contributed by atoms with Gasteiger partial charge in [0.15, 0.2) is 0 Å². The smallest absolute Gasteiger partial charge is 0.214 e. The molecule has 1 rings (SSSR count). The number of aliphatic hydroxyl groups is 1. The van der Waals surface area contributed by atoms with Gasteiger partial charge in [-0.1, -0.05) is 26.7 Å². The van der Waals surface area contributed by atoms with Crippen LogP contribution in [0.2, 0.25) is 0 Å². The second-order valence-corrected chi connectivity index (χ2v) is 7.18. The number of rotatable bonds is 4. The molecule has 0 saturated heterocycles. The fourth-order valence-corrected chi connectivity index (χ4v) is 4.00. The number of nitrogens with zero attached hydrogens (tertiary/aromatic N) is 1. The molecule has 0 bridgehead atoms. The Hall–Kier alpha value is -0.130. The van der Waals surface area contributed by atoms with Crippen LogP contribution in [0.15, 0.2) is 0 Å². The lowest BCUT2D eigenvalue weighted by Gasteiger charge is -2.34. The van der Waals surface area contributed by atoms with Crippen molar-refractivity contribution in [3.63, 3.8) is 0 Å². The highest BCUT2D eigenvalue weighted by Gasteiger charge is 2.33. The van der Waals surface area contributed by atoms with E-state index in [2.05, 4.69) is 0 Å². The monoisotopic (exact) mass is 249 g/mol. The zero-order valence-electron chi connectivity index (χ0n) is 10.4. The molecule has 2 unspecified atom stereocenters. The predicted molar refractivity (Wildman–Crippen MR) is 64.7 cm³/mol. The Balaban J connectivity index is 2.71. The first-order valence-electron chi connectivity index (χ1n) is 5.98. The quantitative estimate of drug-likeness (QED) is 0.814. The van der Waals surface area contributed by atoms with Gasteiger partial charge in [0, 0.05) is 7.05 Å². The molecule has 0 aromatic carbocycles. The first-order chi connectivity index (χ1) is 7.34. The Morgan fingerprint density at radius 1 is 1.31 bits per heavy atom. The van der Waals surface area contributed by atoms with E-state index in [0.717, 1.165) is 19.3 Å². The lowest BCUT2D eigenvalue weighted by atomic mass is 9.93. The molecule has 16 heavy (non-hydrogen) atoms. The third-order valence-electron chi connectivity index (χ3n) is 3.14. The third-order valence-corrected chi connectivity index (χ3v) is 5.38. The summed E-state index contributed by atoms with van der Waals surface area (Å²) in [7, 11) is -1.62. The van der Waals surface area contributed by atoms with Crippen molar-refractivity contribution >= 4 is 10.0 Å². The topological polar surface area (TPSA) is 57.6 Å². The lowest BCUT2D eigenvalue weighted by molar-refractivity contribution is 0.0637. The number of hydrogen-bond acceptors (Lipinski definition) is 3. The van der Waals surface area contributed by atoms with Gasteiger partial charge in [0.2, 0.25) is 10.0 Å². The van der Waals surface area contributed by atoms with Crippen molar-refractivity contribution in [3.05, 3.63) is 0 Å². The number of likely N-dealkylation sites (N-methyl/N-ethyl adjacent to an activating group) is 1. The summed E-state index contributed by atoms with van der Waals surface area (Å²) in [6.07, 6.45) is 2.99. The van der Waals surface area contributed by atoms with Gasteiger partial charge in [-0.15, -0.1) is 0 Å². The second-order valence-electron chi connectivity index (χ2n) is 5.11. The van der Waals surface area contributed by atoms with Gasteiger partial charge < -0.3 is 5.11 Å². The first kappa shape index (κ1) is 13.9. The van der Waals surface area contributed by atoms with E-state index in [-0.39, 0.29) is 17.7 Å². The molecule has 0 aromatic heterocycles. The average molecular weight is 249 g/mol. The van der Waals surface area contributed by atoms with Crippen LogP contribution in [0.1, 0.15) is 39.5 Å². The molecule has 0 amide bonds. The van der Waals surface area contributed by atoms with E-state index >= 15 is 0 Å². The van der Waals surface area contributed by atoms with Crippen LogP contribution in [0.3, 0.4) is 0 Å². The van der Waals surface area contributed by atoms with Gasteiger partial charge in [0.25, 0.3) is 0 Å². The zero-order valence-corrected chi connectivity index (χ0v) is 11.2. The molecule has 0 spiro atoms. The van der Waals surface area contributed by atoms with Gasteiger partial charge in [0.05, 0.1) is 17.9 Å². The third kappa shape index (κ3) is 3.43. The van der Waals surface area contributed by atoms with Crippen molar-refractivity contribution in [1.29, 1.82) is 0 Å². The van der Waals surface area contributed by atoms with Crippen LogP contribution >= 0.6 is 0 Å². The zero-order chi connectivity index (χ0) is 12.3. The number of aliphatic hydroxyl groups excluding tert-OH is 1. The lowest BCUT2D eigenvalue weighted by Crippen LogP contribution is -2.47. The summed E-state index contributed by atoms with van der Waals surface area (Å²) in [5.41, 5.74) is 0. The molecular formula is C11H23NO3S. The van der Waals surface area contributed by atoms with Crippen molar-refractivity contribution in [3.8, 4) is 0 Å². The fourth-order valence-electron chi connectivity index (χ4n) is 2.26. The van der Waals surface area contributed by atoms with E-state index < -0.39 is 16.1 Å². The molecular weight excluding hydrogens is 226 g/mol. The summed E-state index contributed by atoms with van der Waals surface area (Å²) < 4.78 is 25.4. The molecule has 1 aliphatic rings. The average Bonchev–Trinajstić information content (AvgIpc) is 2.15. The maximum absolute atomic E-state index is 12.0. The van der Waals surface area contributed by atoms with Crippen molar-refractivity contribution in [1.82, 2.24) is 4.31 Å². The molecule has 5 heteroatoms. The standard InChI is InChI=1S/C11H23NO3S/c1-9(2)8-16(14,15)12(3)10-6-4-5-7-11(10)13/h9-11,13H,4-8H2,1-3H3. The largest absolute Gasteiger partial charge is 0.391 e. The molecule has 1 N–H and O–H groups in total. The van der Waals surface area contributed by atoms with Gasteiger partial charge >= 0.3 is 0 Å². The molecule has 0 radical (unpaired) electrons. The molecule has 0 aliphatic heterocycles. The molecule has 4 nitrogen and oxygen atoms in total. The van der Waals surface area contributed by atoms with Gasteiger partial charge in [-0.25, -0.2) is 8.42 Å². The predicted octanol–water partition coefficient (Wildman–Crippen LogP) is 1.21. The minimum atomic E-state index is -3.22. The van der Waals surface area contributed by atoms with Crippen LogP contribution in [-0.2, 0) is 10.0 Å². The number of hydrogen-bond donors (Lipinski definition) is 1. The fraction of sp³-hybridized carbons (Fsp3) is 1.00. The normalized spacial score (nSPS) is 27.6. The number of sulfonamides is 1. The maximum atomic E-state index is 12.0. The highest BCUT2D eigenvalue weighted by atomic mass is 32.2. The second kappa shape index (κ2) is 5.47. The molecule has 1 saturated carbocycles. The summed E-state index contributed by atoms with van der Waals surface area (Å²) in [5, 5.41) is 9.83. The van der Waals surface area contributed by atoms with Crippen LogP contribution in [0.25, 0.3) is 0 Å². The van der Waals surface area contributed by atoms with Crippen molar-refractivity contribution < 1.29 is 13.5 Å². The Labute approximate surface area is 98.7 Å². The molecule has 1 fully saturated rings. The highest BCUT2D eigenvalue weighted by molar-refractivity contribution is 7.89. The molecule has 0 heterocycles. The Morgan fingerprint density at radius 2 is 1.88 bits per heavy atom. The van der Waals surface area contributed by atoms with Gasteiger partial charge in [-0.3, -0.25) is 0 Å². The molecule has 1 aliphatic carbocycles. The Kier molecular flexibility index (Phi) is 4.76. The van der Waals surface area contributed by atoms with E-state index in [1.54, 1.807) is 7.05 Å². The van der Waals surface area contributed by atoms with E-state index in [9.17, 15) is 13.5 Å². The first-order valence-corrected chi connectivity index (χ1v) is 7.59. The van der Waals surface area contributed by atoms with Gasteiger partial charge in [-0.05, 0) is 18.8 Å². The van der Waals surface area contributed by atoms with Crippen LogP contribution in [0, 0.1) is 5.92 Å². The maximum Gasteiger partial charge on any atom is 0.214 e. The highest BCUT2D eigenvalue weighted by Crippen LogP contribution is 2.24. The minimum Gasteiger partial charge on any atom is -0.391 e. The molecule has 96 valence electrons. The molecule has 0 aromatic rings. The van der Waals surface area contributed by atoms with Crippen LogP contribution in [0.5, 0.6) is 0 Å². The summed E-state index contributed by atoms with van der Waals surface area (Å²) in [5.74, 6) is 0.278. The van der Waals surface area contributed by atoms with Crippen LogP contribution in [0.4, 0.5) is 0 Å². The van der Waals surface area contributed by atoms with E-state index in [0.29, 0.717) is 6.42 Å². The van der Waals surface area contributed by atoms with Crippen LogP contribution in [-0.4, -0.2) is 42.8 Å². The summed E-state index contributed by atoms with van der Waals surface area (Å²) in [4.78, 5) is 0.